The predicted molar refractivity (Wildman–Crippen MR) is 143 cm³/mol. The van der Waals surface area contributed by atoms with Crippen molar-refractivity contribution in [2.45, 2.75) is 70.3 Å². The smallest absolute Gasteiger partial charge is 0.164 e. The molecule has 3 rings (SSSR count). The third-order valence-electron chi connectivity index (χ3n) is 7.35. The molecule has 0 aromatic heterocycles. The van der Waals surface area contributed by atoms with E-state index in [0.29, 0.717) is 5.92 Å². The Morgan fingerprint density at radius 3 is 2.20 bits per heavy atom. The van der Waals surface area contributed by atoms with Gasteiger partial charge >= 0.3 is 0 Å². The van der Waals surface area contributed by atoms with Crippen LogP contribution in [0.4, 0.5) is 0 Å². The number of nitrogens with two attached hydrogens (primary N) is 1. The molecule has 6 heteroatoms. The van der Waals surface area contributed by atoms with Gasteiger partial charge in [-0.1, -0.05) is 25.3 Å². The van der Waals surface area contributed by atoms with Crippen molar-refractivity contribution in [2.24, 2.45) is 5.73 Å². The van der Waals surface area contributed by atoms with Crippen molar-refractivity contribution < 1.29 is 18.9 Å². The molecule has 3 N–H and O–H groups in total. The molecular formula is C29H44N2O4. The van der Waals surface area contributed by atoms with Gasteiger partial charge in [0.25, 0.3) is 0 Å². The maximum Gasteiger partial charge on any atom is 0.164 e. The molecule has 0 heterocycles. The number of hydrogen-bond donors (Lipinski definition) is 2. The van der Waals surface area contributed by atoms with Crippen LogP contribution in [0.1, 0.15) is 66.7 Å². The Morgan fingerprint density at radius 2 is 1.54 bits per heavy atom. The maximum absolute atomic E-state index is 6.55. The van der Waals surface area contributed by atoms with E-state index < -0.39 is 0 Å². The third-order valence-corrected chi connectivity index (χ3v) is 7.35. The molecule has 0 saturated heterocycles. The number of rotatable bonds is 14. The Balaban J connectivity index is 1.37. The fourth-order valence-corrected chi connectivity index (χ4v) is 5.33. The lowest BCUT2D eigenvalue weighted by Crippen LogP contribution is -2.33. The topological polar surface area (TPSA) is 75.0 Å². The lowest BCUT2D eigenvalue weighted by atomic mass is 9.76. The van der Waals surface area contributed by atoms with Crippen molar-refractivity contribution in [3.63, 3.8) is 0 Å². The summed E-state index contributed by atoms with van der Waals surface area (Å²) >= 11 is 0. The first kappa shape index (κ1) is 27.2. The minimum Gasteiger partial charge on any atom is -0.496 e. The van der Waals surface area contributed by atoms with E-state index in [-0.39, 0.29) is 6.04 Å². The number of benzene rings is 2. The summed E-state index contributed by atoms with van der Waals surface area (Å²) in [5, 5.41) is 3.58. The summed E-state index contributed by atoms with van der Waals surface area (Å²) in [4.78, 5) is 0. The highest BCUT2D eigenvalue weighted by Crippen LogP contribution is 2.43. The molecule has 2 atom stereocenters. The van der Waals surface area contributed by atoms with E-state index >= 15 is 0 Å². The van der Waals surface area contributed by atoms with E-state index in [1.54, 1.807) is 28.4 Å². The van der Waals surface area contributed by atoms with Gasteiger partial charge in [0, 0.05) is 17.2 Å². The molecule has 0 radical (unpaired) electrons. The molecular weight excluding hydrogens is 440 g/mol. The average Bonchev–Trinajstić information content (AvgIpc) is 2.88. The summed E-state index contributed by atoms with van der Waals surface area (Å²) in [7, 11) is 6.84. The van der Waals surface area contributed by atoms with Crippen LogP contribution < -0.4 is 30.0 Å². The van der Waals surface area contributed by atoms with Gasteiger partial charge in [-0.05, 0) is 87.4 Å². The first-order valence-corrected chi connectivity index (χ1v) is 13.0. The number of ether oxygens (including phenoxy) is 4. The minimum absolute atomic E-state index is 0.223. The van der Waals surface area contributed by atoms with Crippen molar-refractivity contribution in [2.75, 3.05) is 41.5 Å². The molecule has 0 fully saturated rings. The summed E-state index contributed by atoms with van der Waals surface area (Å²) in [6.45, 7) is 4.02. The second-order valence-electron chi connectivity index (χ2n) is 9.51. The summed E-state index contributed by atoms with van der Waals surface area (Å²) in [5.41, 5.74) is 11.5. The van der Waals surface area contributed by atoms with Gasteiger partial charge < -0.3 is 30.0 Å². The fraction of sp³-hybridized carbons (Fsp3) is 0.586. The van der Waals surface area contributed by atoms with Crippen molar-refractivity contribution >= 4 is 0 Å². The zero-order valence-electron chi connectivity index (χ0n) is 22.2. The second kappa shape index (κ2) is 13.6. The highest BCUT2D eigenvalue weighted by Gasteiger charge is 2.29. The quantitative estimate of drug-likeness (QED) is 0.360. The van der Waals surface area contributed by atoms with Crippen LogP contribution in [0.15, 0.2) is 24.3 Å². The Hall–Kier alpha value is -2.44. The molecule has 0 aliphatic heterocycles. The molecule has 194 valence electrons. The van der Waals surface area contributed by atoms with Crippen LogP contribution in [0.25, 0.3) is 0 Å². The number of methoxy groups -OCH3 is 4. The lowest BCUT2D eigenvalue weighted by Gasteiger charge is -2.32. The van der Waals surface area contributed by atoms with Gasteiger partial charge in [-0.3, -0.25) is 0 Å². The molecule has 1 aliphatic rings. The van der Waals surface area contributed by atoms with Gasteiger partial charge in [-0.2, -0.15) is 0 Å². The molecule has 35 heavy (non-hydrogen) atoms. The van der Waals surface area contributed by atoms with E-state index in [4.69, 9.17) is 24.7 Å². The van der Waals surface area contributed by atoms with E-state index in [2.05, 4.69) is 23.5 Å². The van der Waals surface area contributed by atoms with Crippen molar-refractivity contribution in [3.05, 3.63) is 46.5 Å². The highest BCUT2D eigenvalue weighted by atomic mass is 16.5. The number of nitrogens with one attached hydrogen (secondary N) is 1. The highest BCUT2D eigenvalue weighted by molar-refractivity contribution is 5.53. The Labute approximate surface area is 211 Å². The van der Waals surface area contributed by atoms with E-state index in [1.165, 1.54) is 42.4 Å². The largest absolute Gasteiger partial charge is 0.496 e. The second-order valence-corrected chi connectivity index (χ2v) is 9.51. The van der Waals surface area contributed by atoms with Crippen LogP contribution >= 0.6 is 0 Å². The van der Waals surface area contributed by atoms with Crippen molar-refractivity contribution in [1.82, 2.24) is 5.32 Å². The Bertz CT molecular complexity index is 922. The molecule has 0 bridgehead atoms. The SMILES string of the molecule is COc1cc(CCNCCCCCCC2c3ccc(OC)c(OC)c3CCC2N)cc(OC)c1C. The van der Waals surface area contributed by atoms with Crippen LogP contribution in [-0.2, 0) is 12.8 Å². The van der Waals surface area contributed by atoms with E-state index in [1.807, 2.05) is 13.0 Å². The molecule has 0 spiro atoms. The lowest BCUT2D eigenvalue weighted by molar-refractivity contribution is 0.343. The van der Waals surface area contributed by atoms with Crippen LogP contribution in [0.2, 0.25) is 0 Å². The first-order valence-electron chi connectivity index (χ1n) is 13.0. The molecule has 2 aromatic carbocycles. The zero-order chi connectivity index (χ0) is 25.2. The fourth-order valence-electron chi connectivity index (χ4n) is 5.33. The van der Waals surface area contributed by atoms with E-state index in [0.717, 1.165) is 67.3 Å². The van der Waals surface area contributed by atoms with Gasteiger partial charge in [0.05, 0.1) is 28.4 Å². The number of hydrogen-bond acceptors (Lipinski definition) is 6. The van der Waals surface area contributed by atoms with Gasteiger partial charge in [-0.25, -0.2) is 0 Å². The van der Waals surface area contributed by atoms with Crippen molar-refractivity contribution in [1.29, 1.82) is 0 Å². The van der Waals surface area contributed by atoms with Gasteiger partial charge in [-0.15, -0.1) is 0 Å². The monoisotopic (exact) mass is 484 g/mol. The Kier molecular flexibility index (Phi) is 10.5. The van der Waals surface area contributed by atoms with Gasteiger partial charge in [0.2, 0.25) is 0 Å². The molecule has 2 unspecified atom stereocenters. The molecule has 0 saturated carbocycles. The van der Waals surface area contributed by atoms with Crippen LogP contribution in [-0.4, -0.2) is 47.6 Å². The summed E-state index contributed by atoms with van der Waals surface area (Å²) in [6.07, 6.45) is 8.92. The summed E-state index contributed by atoms with van der Waals surface area (Å²) < 4.78 is 22.1. The minimum atomic E-state index is 0.223. The predicted octanol–water partition coefficient (Wildman–Crippen LogP) is 5.17. The van der Waals surface area contributed by atoms with Crippen LogP contribution in [0, 0.1) is 6.92 Å². The first-order chi connectivity index (χ1) is 17.0. The third kappa shape index (κ3) is 6.83. The summed E-state index contributed by atoms with van der Waals surface area (Å²) in [5.74, 6) is 3.87. The van der Waals surface area contributed by atoms with Crippen LogP contribution in [0.3, 0.4) is 0 Å². The molecule has 1 aliphatic carbocycles. The number of fused-ring (bicyclic) bond motifs is 1. The van der Waals surface area contributed by atoms with E-state index in [9.17, 15) is 0 Å². The standard InChI is InChI=1S/C29H44N2O4/c1-20-27(33-3)18-21(19-28(20)34-4)15-17-31-16-9-7-6-8-10-23-22-12-14-26(32-2)29(35-5)24(22)11-13-25(23)30/h12,14,18-19,23,25,31H,6-11,13,15-17,30H2,1-5H3. The van der Waals surface area contributed by atoms with Crippen LogP contribution in [0.5, 0.6) is 23.0 Å². The average molecular weight is 485 g/mol. The maximum atomic E-state index is 6.55. The molecule has 0 amide bonds. The molecule has 2 aromatic rings. The molecule has 6 nitrogen and oxygen atoms in total. The number of unbranched alkanes of at least 4 members (excludes halogenated alkanes) is 3. The van der Waals surface area contributed by atoms with Gasteiger partial charge in [0.15, 0.2) is 11.5 Å². The summed E-state index contributed by atoms with van der Waals surface area (Å²) in [6, 6.07) is 8.67. The normalized spacial score (nSPS) is 17.1. The Morgan fingerprint density at radius 1 is 0.857 bits per heavy atom. The van der Waals surface area contributed by atoms with Crippen molar-refractivity contribution in [3.8, 4) is 23.0 Å². The van der Waals surface area contributed by atoms with Gasteiger partial charge in [0.1, 0.15) is 11.5 Å². The zero-order valence-corrected chi connectivity index (χ0v) is 22.2.